The van der Waals surface area contributed by atoms with E-state index in [9.17, 15) is 8.42 Å². The Bertz CT molecular complexity index is 1010. The van der Waals surface area contributed by atoms with Crippen molar-refractivity contribution in [2.24, 2.45) is 0 Å². The molecule has 5 nitrogen and oxygen atoms in total. The molecule has 1 heterocycles. The maximum absolute atomic E-state index is 12.9. The van der Waals surface area contributed by atoms with Gasteiger partial charge in [0.25, 0.3) is 10.0 Å². The molecular formula is C17H14Cl2N2O3S. The Morgan fingerprint density at radius 3 is 2.60 bits per heavy atom. The van der Waals surface area contributed by atoms with Crippen LogP contribution in [-0.2, 0) is 10.0 Å². The van der Waals surface area contributed by atoms with Gasteiger partial charge in [-0.25, -0.2) is 13.4 Å². The van der Waals surface area contributed by atoms with E-state index in [1.165, 1.54) is 6.39 Å². The zero-order chi connectivity index (χ0) is 18.2. The summed E-state index contributed by atoms with van der Waals surface area (Å²) in [7, 11) is -3.92. The van der Waals surface area contributed by atoms with Crippen molar-refractivity contribution in [3.63, 3.8) is 0 Å². The number of hydrogen-bond donors (Lipinski definition) is 1. The fourth-order valence-corrected chi connectivity index (χ4v) is 4.70. The Hall–Kier alpha value is -2.02. The largest absolute Gasteiger partial charge is 0.444 e. The highest BCUT2D eigenvalue weighted by Gasteiger charge is 2.24. The Morgan fingerprint density at radius 2 is 1.92 bits per heavy atom. The second-order valence-corrected chi connectivity index (χ2v) is 7.90. The molecule has 0 bridgehead atoms. The van der Waals surface area contributed by atoms with Crippen LogP contribution in [-0.4, -0.2) is 13.4 Å². The van der Waals surface area contributed by atoms with E-state index in [0.717, 1.165) is 0 Å². The van der Waals surface area contributed by atoms with Crippen LogP contribution < -0.4 is 4.72 Å². The minimum absolute atomic E-state index is 0.0239. The van der Waals surface area contributed by atoms with Crippen LogP contribution >= 0.6 is 23.2 Å². The molecule has 0 aliphatic carbocycles. The molecule has 0 radical (unpaired) electrons. The van der Waals surface area contributed by atoms with Crippen molar-refractivity contribution in [2.45, 2.75) is 18.7 Å². The van der Waals surface area contributed by atoms with Gasteiger partial charge in [-0.05, 0) is 43.2 Å². The zero-order valence-corrected chi connectivity index (χ0v) is 15.7. The molecule has 0 aliphatic heterocycles. The number of aromatic nitrogens is 1. The number of nitrogens with one attached hydrogen (secondary N) is 1. The Morgan fingerprint density at radius 1 is 1.16 bits per heavy atom. The van der Waals surface area contributed by atoms with E-state index >= 15 is 0 Å². The van der Waals surface area contributed by atoms with Gasteiger partial charge < -0.3 is 4.42 Å². The molecule has 0 amide bonds. The van der Waals surface area contributed by atoms with Crippen molar-refractivity contribution in [3.05, 3.63) is 64.1 Å². The van der Waals surface area contributed by atoms with E-state index in [4.69, 9.17) is 27.6 Å². The average Bonchev–Trinajstić information content (AvgIpc) is 3.07. The number of aryl methyl sites for hydroxylation is 1. The van der Waals surface area contributed by atoms with E-state index in [0.29, 0.717) is 33.2 Å². The van der Waals surface area contributed by atoms with E-state index in [1.807, 2.05) is 0 Å². The average molecular weight is 397 g/mol. The second-order valence-electron chi connectivity index (χ2n) is 5.50. The lowest BCUT2D eigenvalue weighted by molar-refractivity contribution is 0.572. The third kappa shape index (κ3) is 3.51. The minimum Gasteiger partial charge on any atom is -0.444 e. The monoisotopic (exact) mass is 396 g/mol. The van der Waals surface area contributed by atoms with Crippen LogP contribution in [0.1, 0.15) is 11.1 Å². The van der Waals surface area contributed by atoms with E-state index in [2.05, 4.69) is 9.71 Å². The summed E-state index contributed by atoms with van der Waals surface area (Å²) in [4.78, 5) is 3.83. The molecule has 25 heavy (non-hydrogen) atoms. The first-order valence-corrected chi connectivity index (χ1v) is 9.50. The molecule has 0 fully saturated rings. The molecule has 1 aromatic heterocycles. The van der Waals surface area contributed by atoms with Crippen molar-refractivity contribution in [3.8, 4) is 11.3 Å². The van der Waals surface area contributed by atoms with Gasteiger partial charge in [0.05, 0.1) is 11.2 Å². The van der Waals surface area contributed by atoms with Crippen molar-refractivity contribution >= 4 is 38.9 Å². The van der Waals surface area contributed by atoms with Gasteiger partial charge in [0.2, 0.25) is 0 Å². The molecule has 130 valence electrons. The number of halogens is 2. The predicted molar refractivity (Wildman–Crippen MR) is 98.7 cm³/mol. The topological polar surface area (TPSA) is 72.2 Å². The number of hydrogen-bond acceptors (Lipinski definition) is 4. The van der Waals surface area contributed by atoms with Gasteiger partial charge in [-0.3, -0.25) is 4.72 Å². The van der Waals surface area contributed by atoms with E-state index in [-0.39, 0.29) is 9.92 Å². The Kier molecular flexibility index (Phi) is 4.77. The van der Waals surface area contributed by atoms with Crippen molar-refractivity contribution < 1.29 is 12.8 Å². The summed E-state index contributed by atoms with van der Waals surface area (Å²) in [6.45, 7) is 3.32. The number of anilines is 1. The molecule has 0 unspecified atom stereocenters. The summed E-state index contributed by atoms with van der Waals surface area (Å²) in [5.74, 6) is 0.536. The molecular weight excluding hydrogens is 383 g/mol. The van der Waals surface area contributed by atoms with Crippen LogP contribution in [0.25, 0.3) is 11.3 Å². The lowest BCUT2D eigenvalue weighted by atomic mass is 10.2. The molecule has 1 N–H and O–H groups in total. The third-order valence-electron chi connectivity index (χ3n) is 3.69. The normalized spacial score (nSPS) is 11.5. The van der Waals surface area contributed by atoms with Crippen LogP contribution in [0, 0.1) is 13.8 Å². The number of rotatable bonds is 4. The van der Waals surface area contributed by atoms with Gasteiger partial charge in [-0.15, -0.1) is 0 Å². The molecule has 0 saturated heterocycles. The summed E-state index contributed by atoms with van der Waals surface area (Å²) >= 11 is 12.4. The smallest absolute Gasteiger partial charge is 0.263 e. The van der Waals surface area contributed by atoms with E-state index in [1.54, 1.807) is 50.4 Å². The van der Waals surface area contributed by atoms with Crippen LogP contribution in [0.2, 0.25) is 10.0 Å². The second kappa shape index (κ2) is 6.71. The van der Waals surface area contributed by atoms with Crippen LogP contribution in [0.4, 0.5) is 5.69 Å². The molecule has 2 aromatic carbocycles. The Labute approximate surface area is 155 Å². The van der Waals surface area contributed by atoms with Crippen molar-refractivity contribution in [2.75, 3.05) is 4.72 Å². The van der Waals surface area contributed by atoms with Crippen molar-refractivity contribution in [1.29, 1.82) is 0 Å². The van der Waals surface area contributed by atoms with Gasteiger partial charge in [0.15, 0.2) is 12.2 Å². The lowest BCUT2D eigenvalue weighted by Crippen LogP contribution is -2.15. The molecule has 0 spiro atoms. The summed E-state index contributed by atoms with van der Waals surface area (Å²) in [6.07, 6.45) is 2.86. The van der Waals surface area contributed by atoms with Crippen molar-refractivity contribution in [1.82, 2.24) is 4.98 Å². The molecule has 8 heteroatoms. The summed E-state index contributed by atoms with van der Waals surface area (Å²) in [6, 6.07) is 8.44. The van der Waals surface area contributed by atoms with Gasteiger partial charge in [0.1, 0.15) is 4.90 Å². The first-order valence-electron chi connectivity index (χ1n) is 7.26. The first-order chi connectivity index (χ1) is 11.8. The minimum atomic E-state index is -3.92. The number of nitrogens with zero attached hydrogens (tertiary/aromatic N) is 1. The van der Waals surface area contributed by atoms with E-state index < -0.39 is 10.0 Å². The lowest BCUT2D eigenvalue weighted by Gasteiger charge is -2.15. The summed E-state index contributed by atoms with van der Waals surface area (Å²) in [5.41, 5.74) is 2.06. The molecule has 3 aromatic rings. The summed E-state index contributed by atoms with van der Waals surface area (Å²) in [5, 5.41) is 0.499. The highest BCUT2D eigenvalue weighted by molar-refractivity contribution is 7.93. The molecule has 0 aliphatic rings. The quantitative estimate of drug-likeness (QED) is 0.668. The molecule has 0 atom stereocenters. The van der Waals surface area contributed by atoms with Crippen LogP contribution in [0.5, 0.6) is 0 Å². The SMILES string of the molecule is Cc1cc(Cl)c(C)c(S(=O)(=O)Nc2cccc(-c3cnco3)c2)c1Cl. The molecule has 3 rings (SSSR count). The van der Waals surface area contributed by atoms with Gasteiger partial charge in [0, 0.05) is 16.3 Å². The van der Waals surface area contributed by atoms with Crippen LogP contribution in [0.15, 0.2) is 52.2 Å². The van der Waals surface area contributed by atoms with Gasteiger partial charge in [-0.1, -0.05) is 35.3 Å². The Balaban J connectivity index is 2.03. The summed E-state index contributed by atoms with van der Waals surface area (Å²) < 4.78 is 33.5. The fourth-order valence-electron chi connectivity index (χ4n) is 2.43. The standard InChI is InChI=1S/C17H14Cl2N2O3S/c1-10-6-14(18)11(2)17(16(10)19)25(22,23)21-13-5-3-4-12(7-13)15-8-20-9-24-15/h3-9,21H,1-2H3. The first kappa shape index (κ1) is 17.8. The zero-order valence-electron chi connectivity index (χ0n) is 13.4. The number of benzene rings is 2. The third-order valence-corrected chi connectivity index (χ3v) is 6.23. The van der Waals surface area contributed by atoms with Gasteiger partial charge in [-0.2, -0.15) is 0 Å². The predicted octanol–water partition coefficient (Wildman–Crippen LogP) is 5.07. The number of sulfonamides is 1. The van der Waals surface area contributed by atoms with Gasteiger partial charge >= 0.3 is 0 Å². The molecule has 0 saturated carbocycles. The highest BCUT2D eigenvalue weighted by Crippen LogP contribution is 2.34. The maximum Gasteiger partial charge on any atom is 0.263 e. The van der Waals surface area contributed by atoms with Crippen LogP contribution in [0.3, 0.4) is 0 Å². The maximum atomic E-state index is 12.9. The number of oxazole rings is 1. The fraction of sp³-hybridized carbons (Fsp3) is 0.118. The highest BCUT2D eigenvalue weighted by atomic mass is 35.5.